The highest BCUT2D eigenvalue weighted by molar-refractivity contribution is 14.1. The van der Waals surface area contributed by atoms with E-state index < -0.39 is 0 Å². The number of hydrogen-bond donors (Lipinski definition) is 1. The monoisotopic (exact) mass is 394 g/mol. The molecule has 0 heterocycles. The second kappa shape index (κ2) is 6.01. The van der Waals surface area contributed by atoms with Gasteiger partial charge in [-0.15, -0.1) is 0 Å². The zero-order chi connectivity index (χ0) is 14.8. The predicted molar refractivity (Wildman–Crippen MR) is 91.7 cm³/mol. The van der Waals surface area contributed by atoms with Gasteiger partial charge in [-0.05, 0) is 65.1 Å². The molecule has 1 N–H and O–H groups in total. The molecule has 0 fully saturated rings. The normalized spacial score (nSPS) is 17.1. The largest absolute Gasteiger partial charge is 0.376 e. The van der Waals surface area contributed by atoms with Gasteiger partial charge in [0, 0.05) is 15.7 Å². The van der Waals surface area contributed by atoms with Gasteiger partial charge in [0.15, 0.2) is 0 Å². The van der Waals surface area contributed by atoms with Gasteiger partial charge in [0.1, 0.15) is 5.69 Å². The number of nitro benzene ring substituents is 1. The van der Waals surface area contributed by atoms with Crippen molar-refractivity contribution >= 4 is 34.0 Å². The van der Waals surface area contributed by atoms with Crippen LogP contribution in [0, 0.1) is 13.7 Å². The molecule has 1 atom stereocenters. The molecule has 0 spiro atoms. The first-order chi connectivity index (χ1) is 10.1. The van der Waals surface area contributed by atoms with E-state index in [1.165, 1.54) is 11.1 Å². The van der Waals surface area contributed by atoms with Crippen molar-refractivity contribution in [1.29, 1.82) is 0 Å². The minimum atomic E-state index is -0.318. The first-order valence-electron chi connectivity index (χ1n) is 6.91. The number of anilines is 1. The average molecular weight is 394 g/mol. The van der Waals surface area contributed by atoms with Crippen molar-refractivity contribution in [1.82, 2.24) is 0 Å². The van der Waals surface area contributed by atoms with Crippen LogP contribution >= 0.6 is 22.6 Å². The van der Waals surface area contributed by atoms with Crippen molar-refractivity contribution in [2.24, 2.45) is 0 Å². The smallest absolute Gasteiger partial charge is 0.293 e. The number of benzene rings is 2. The fourth-order valence-electron chi connectivity index (χ4n) is 2.82. The lowest BCUT2D eigenvalue weighted by atomic mass is 9.88. The Balaban J connectivity index is 1.81. The third kappa shape index (κ3) is 3.18. The van der Waals surface area contributed by atoms with Crippen LogP contribution < -0.4 is 5.32 Å². The van der Waals surface area contributed by atoms with Crippen LogP contribution in [0.5, 0.6) is 0 Å². The van der Waals surface area contributed by atoms with E-state index in [-0.39, 0.29) is 16.7 Å². The molecule has 0 amide bonds. The SMILES string of the molecule is O=[N+]([O-])c1cc(I)ccc1NC1CCc2ccccc2C1. The number of aryl methyl sites for hydroxylation is 1. The van der Waals surface area contributed by atoms with Gasteiger partial charge < -0.3 is 5.32 Å². The summed E-state index contributed by atoms with van der Waals surface area (Å²) >= 11 is 2.09. The van der Waals surface area contributed by atoms with Crippen molar-refractivity contribution in [3.05, 3.63) is 67.3 Å². The van der Waals surface area contributed by atoms with E-state index in [4.69, 9.17) is 0 Å². The van der Waals surface area contributed by atoms with E-state index in [2.05, 4.69) is 52.2 Å². The summed E-state index contributed by atoms with van der Waals surface area (Å²) in [6, 6.07) is 14.0. The number of hydrogen-bond acceptors (Lipinski definition) is 3. The summed E-state index contributed by atoms with van der Waals surface area (Å²) in [4.78, 5) is 10.9. The Morgan fingerprint density at radius 1 is 1.19 bits per heavy atom. The van der Waals surface area contributed by atoms with Crippen LogP contribution in [0.2, 0.25) is 0 Å². The molecule has 0 bridgehead atoms. The van der Waals surface area contributed by atoms with Gasteiger partial charge in [0.05, 0.1) is 4.92 Å². The van der Waals surface area contributed by atoms with Crippen molar-refractivity contribution in [3.63, 3.8) is 0 Å². The Bertz CT molecular complexity index is 688. The van der Waals surface area contributed by atoms with Crippen LogP contribution in [0.15, 0.2) is 42.5 Å². The van der Waals surface area contributed by atoms with Crippen molar-refractivity contribution in [3.8, 4) is 0 Å². The Kier molecular flexibility index (Phi) is 4.10. The van der Waals surface area contributed by atoms with Gasteiger partial charge in [-0.3, -0.25) is 10.1 Å². The summed E-state index contributed by atoms with van der Waals surface area (Å²) in [6.45, 7) is 0. The molecule has 4 nitrogen and oxygen atoms in total. The summed E-state index contributed by atoms with van der Waals surface area (Å²) in [6.07, 6.45) is 2.94. The Hall–Kier alpha value is -1.63. The first kappa shape index (κ1) is 14.3. The summed E-state index contributed by atoms with van der Waals surface area (Å²) < 4.78 is 0.874. The molecule has 1 aliphatic carbocycles. The standard InChI is InChI=1S/C16H15IN2O2/c17-13-6-8-15(16(10-13)19(20)21)18-14-7-5-11-3-1-2-4-12(11)9-14/h1-4,6,8,10,14,18H,5,7,9H2. The molecule has 3 rings (SSSR count). The molecule has 2 aromatic rings. The lowest BCUT2D eigenvalue weighted by Gasteiger charge is -2.26. The quantitative estimate of drug-likeness (QED) is 0.483. The minimum absolute atomic E-state index is 0.153. The zero-order valence-corrected chi connectivity index (χ0v) is 13.5. The molecule has 0 aliphatic heterocycles. The molecular weight excluding hydrogens is 379 g/mol. The molecule has 5 heteroatoms. The molecule has 2 aromatic carbocycles. The lowest BCUT2D eigenvalue weighted by molar-refractivity contribution is -0.384. The third-order valence-electron chi connectivity index (χ3n) is 3.86. The highest BCUT2D eigenvalue weighted by Gasteiger charge is 2.21. The van der Waals surface area contributed by atoms with Crippen LogP contribution in [-0.4, -0.2) is 11.0 Å². The maximum atomic E-state index is 11.2. The van der Waals surface area contributed by atoms with E-state index in [1.807, 2.05) is 6.07 Å². The lowest BCUT2D eigenvalue weighted by Crippen LogP contribution is -2.27. The number of nitrogens with one attached hydrogen (secondary N) is 1. The fourth-order valence-corrected chi connectivity index (χ4v) is 3.29. The van der Waals surface area contributed by atoms with E-state index in [0.29, 0.717) is 5.69 Å². The highest BCUT2D eigenvalue weighted by Crippen LogP contribution is 2.30. The fraction of sp³-hybridized carbons (Fsp3) is 0.250. The maximum absolute atomic E-state index is 11.2. The van der Waals surface area contributed by atoms with E-state index >= 15 is 0 Å². The van der Waals surface area contributed by atoms with Crippen LogP contribution in [0.4, 0.5) is 11.4 Å². The van der Waals surface area contributed by atoms with E-state index in [1.54, 1.807) is 12.1 Å². The number of halogens is 1. The molecule has 0 aromatic heterocycles. The third-order valence-corrected chi connectivity index (χ3v) is 4.53. The molecule has 108 valence electrons. The molecule has 0 saturated heterocycles. The van der Waals surface area contributed by atoms with Crippen LogP contribution in [0.25, 0.3) is 0 Å². The molecule has 1 unspecified atom stereocenters. The summed E-state index contributed by atoms with van der Waals surface area (Å²) in [7, 11) is 0. The maximum Gasteiger partial charge on any atom is 0.293 e. The number of rotatable bonds is 3. The molecule has 1 aliphatic rings. The molecular formula is C16H15IN2O2. The van der Waals surface area contributed by atoms with Crippen molar-refractivity contribution in [2.75, 3.05) is 5.32 Å². The van der Waals surface area contributed by atoms with Crippen LogP contribution in [0.3, 0.4) is 0 Å². The second-order valence-corrected chi connectivity index (χ2v) is 6.52. The molecule has 21 heavy (non-hydrogen) atoms. The van der Waals surface area contributed by atoms with E-state index in [0.717, 1.165) is 22.8 Å². The number of nitro groups is 1. The number of fused-ring (bicyclic) bond motifs is 1. The van der Waals surface area contributed by atoms with Gasteiger partial charge in [-0.2, -0.15) is 0 Å². The Morgan fingerprint density at radius 2 is 1.95 bits per heavy atom. The van der Waals surface area contributed by atoms with Gasteiger partial charge >= 0.3 is 0 Å². The van der Waals surface area contributed by atoms with Gasteiger partial charge in [0.2, 0.25) is 0 Å². The average Bonchev–Trinajstić information content (AvgIpc) is 2.49. The van der Waals surface area contributed by atoms with Gasteiger partial charge in [0.25, 0.3) is 5.69 Å². The summed E-state index contributed by atoms with van der Waals surface area (Å²) in [5.74, 6) is 0. The van der Waals surface area contributed by atoms with Gasteiger partial charge in [-0.1, -0.05) is 24.3 Å². The molecule has 0 radical (unpaired) electrons. The Morgan fingerprint density at radius 3 is 2.71 bits per heavy atom. The van der Waals surface area contributed by atoms with Crippen molar-refractivity contribution < 1.29 is 4.92 Å². The zero-order valence-electron chi connectivity index (χ0n) is 11.4. The Labute approximate surface area is 136 Å². The molecule has 0 saturated carbocycles. The predicted octanol–water partition coefficient (Wildman–Crippen LogP) is 4.17. The summed E-state index contributed by atoms with van der Waals surface area (Å²) in [5.41, 5.74) is 3.51. The van der Waals surface area contributed by atoms with Gasteiger partial charge in [-0.25, -0.2) is 0 Å². The topological polar surface area (TPSA) is 55.2 Å². The highest BCUT2D eigenvalue weighted by atomic mass is 127. The second-order valence-electron chi connectivity index (χ2n) is 5.27. The van der Waals surface area contributed by atoms with Crippen molar-refractivity contribution in [2.45, 2.75) is 25.3 Å². The van der Waals surface area contributed by atoms with E-state index in [9.17, 15) is 10.1 Å². The first-order valence-corrected chi connectivity index (χ1v) is 7.98. The van der Waals surface area contributed by atoms with Crippen LogP contribution in [-0.2, 0) is 12.8 Å². The number of nitrogens with zero attached hydrogens (tertiary/aromatic N) is 1. The van der Waals surface area contributed by atoms with Crippen LogP contribution in [0.1, 0.15) is 17.5 Å². The minimum Gasteiger partial charge on any atom is -0.376 e. The summed E-state index contributed by atoms with van der Waals surface area (Å²) in [5, 5.41) is 14.5.